The molecule has 1 fully saturated rings. The third kappa shape index (κ3) is 4.04. The van der Waals surface area contributed by atoms with Gasteiger partial charge in [0.2, 0.25) is 5.79 Å². The van der Waals surface area contributed by atoms with Gasteiger partial charge in [-0.15, -0.1) is 11.3 Å². The molecule has 2 unspecified atom stereocenters. The van der Waals surface area contributed by atoms with Crippen LogP contribution in [0.4, 0.5) is 0 Å². The molecule has 1 aliphatic heterocycles. The van der Waals surface area contributed by atoms with Crippen molar-refractivity contribution in [1.82, 2.24) is 19.9 Å². The van der Waals surface area contributed by atoms with Crippen LogP contribution in [-0.2, 0) is 21.8 Å². The van der Waals surface area contributed by atoms with E-state index in [2.05, 4.69) is 31.2 Å². The normalized spacial score (nSPS) is 21.2. The third-order valence-electron chi connectivity index (χ3n) is 4.66. The molecule has 0 spiro atoms. The van der Waals surface area contributed by atoms with Crippen LogP contribution in [0.1, 0.15) is 4.88 Å². The van der Waals surface area contributed by atoms with Crippen molar-refractivity contribution < 1.29 is 18.7 Å². The molecule has 0 bridgehead atoms. The van der Waals surface area contributed by atoms with Crippen molar-refractivity contribution in [2.75, 3.05) is 13.2 Å². The molecular weight excluding hydrogens is 472 g/mol. The minimum absolute atomic E-state index is 0.219. The maximum Gasteiger partial charge on any atom is 0.225 e. The maximum atomic E-state index is 6.36. The Bertz CT molecular complexity index is 1080. The van der Waals surface area contributed by atoms with Crippen LogP contribution < -0.4 is 4.74 Å². The van der Waals surface area contributed by atoms with E-state index in [1.165, 1.54) is 6.33 Å². The summed E-state index contributed by atoms with van der Waals surface area (Å²) >= 11 is 5.09. The highest BCUT2D eigenvalue weighted by atomic mass is 79.9. The fourth-order valence-electron chi connectivity index (χ4n) is 3.25. The number of ether oxygens (including phenoxy) is 3. The summed E-state index contributed by atoms with van der Waals surface area (Å²) in [5, 5.41) is 7.93. The number of aromatic nitrogens is 4. The number of nitrogens with zero attached hydrogens (tertiary/aromatic N) is 4. The largest absolute Gasteiger partial charge is 0.491 e. The molecule has 0 N–H and O–H groups in total. The standard InChI is InChI=1S/C20H17BrN4O4S/c21-19-6-5-18(30-19)20(11-25-13-22-12-23-25)27-10-16(28-20)9-26-15-3-1-14(2-4-15)17-7-8-24-29-17/h1-8,12-13,16H,9-11H2. The van der Waals surface area contributed by atoms with Gasteiger partial charge in [0.25, 0.3) is 0 Å². The molecule has 0 amide bonds. The van der Waals surface area contributed by atoms with Crippen molar-refractivity contribution in [2.45, 2.75) is 18.4 Å². The molecule has 1 aliphatic rings. The van der Waals surface area contributed by atoms with E-state index in [0.29, 0.717) is 25.5 Å². The Morgan fingerprint density at radius 2 is 2.10 bits per heavy atom. The lowest BCUT2D eigenvalue weighted by molar-refractivity contribution is -0.188. The minimum atomic E-state index is -0.922. The number of benzene rings is 1. The first-order valence-electron chi connectivity index (χ1n) is 9.24. The first kappa shape index (κ1) is 19.4. The second-order valence-corrected chi connectivity index (χ2v) is 9.18. The Kier molecular flexibility index (Phi) is 5.38. The predicted octanol–water partition coefficient (Wildman–Crippen LogP) is 4.10. The molecule has 10 heteroatoms. The molecule has 0 aliphatic carbocycles. The fourth-order valence-corrected chi connectivity index (χ4v) is 4.72. The first-order chi connectivity index (χ1) is 14.7. The van der Waals surface area contributed by atoms with Crippen LogP contribution >= 0.6 is 27.3 Å². The quantitative estimate of drug-likeness (QED) is 0.387. The van der Waals surface area contributed by atoms with E-state index in [1.54, 1.807) is 28.5 Å². The maximum absolute atomic E-state index is 6.36. The topological polar surface area (TPSA) is 84.4 Å². The lowest BCUT2D eigenvalue weighted by Gasteiger charge is -2.26. The van der Waals surface area contributed by atoms with Crippen LogP contribution in [0, 0.1) is 0 Å². The lowest BCUT2D eigenvalue weighted by Crippen LogP contribution is -2.33. The van der Waals surface area contributed by atoms with Crippen molar-refractivity contribution in [3.63, 3.8) is 0 Å². The number of hydrogen-bond donors (Lipinski definition) is 0. The minimum Gasteiger partial charge on any atom is -0.491 e. The van der Waals surface area contributed by atoms with Crippen LogP contribution in [0.15, 0.2) is 69.6 Å². The van der Waals surface area contributed by atoms with E-state index in [9.17, 15) is 0 Å². The second kappa shape index (κ2) is 8.31. The van der Waals surface area contributed by atoms with Crippen LogP contribution in [0.5, 0.6) is 5.75 Å². The molecule has 2 atom stereocenters. The zero-order valence-corrected chi connectivity index (χ0v) is 18.1. The Labute approximate surface area is 184 Å². The number of rotatable bonds is 7. The van der Waals surface area contributed by atoms with Crippen LogP contribution in [0.2, 0.25) is 0 Å². The second-order valence-electron chi connectivity index (χ2n) is 6.71. The van der Waals surface area contributed by atoms with Crippen LogP contribution in [-0.4, -0.2) is 39.2 Å². The smallest absolute Gasteiger partial charge is 0.225 e. The molecule has 4 heterocycles. The van der Waals surface area contributed by atoms with Crippen molar-refractivity contribution in [3.05, 3.63) is 70.0 Å². The van der Waals surface area contributed by atoms with Gasteiger partial charge in [0, 0.05) is 11.6 Å². The van der Waals surface area contributed by atoms with Crippen molar-refractivity contribution in [3.8, 4) is 17.1 Å². The van der Waals surface area contributed by atoms with E-state index >= 15 is 0 Å². The average molecular weight is 489 g/mol. The van der Waals surface area contributed by atoms with Gasteiger partial charge in [0.1, 0.15) is 37.7 Å². The van der Waals surface area contributed by atoms with Gasteiger partial charge in [0.15, 0.2) is 5.76 Å². The molecular formula is C20H17BrN4O4S. The van der Waals surface area contributed by atoms with Crippen LogP contribution in [0.25, 0.3) is 11.3 Å². The average Bonchev–Trinajstić information content (AvgIpc) is 3.55. The number of halogens is 1. The Morgan fingerprint density at radius 1 is 1.20 bits per heavy atom. The van der Waals surface area contributed by atoms with Crippen molar-refractivity contribution in [2.24, 2.45) is 0 Å². The van der Waals surface area contributed by atoms with Gasteiger partial charge >= 0.3 is 0 Å². The summed E-state index contributed by atoms with van der Waals surface area (Å²) in [4.78, 5) is 4.98. The molecule has 0 saturated carbocycles. The molecule has 8 nitrogen and oxygen atoms in total. The Morgan fingerprint density at radius 3 is 2.80 bits per heavy atom. The van der Waals surface area contributed by atoms with E-state index in [4.69, 9.17) is 18.7 Å². The summed E-state index contributed by atoms with van der Waals surface area (Å²) in [7, 11) is 0. The Balaban J connectivity index is 1.26. The van der Waals surface area contributed by atoms with E-state index in [1.807, 2.05) is 42.5 Å². The van der Waals surface area contributed by atoms with Gasteiger partial charge in [-0.3, -0.25) is 0 Å². The summed E-state index contributed by atoms with van der Waals surface area (Å²) < 4.78 is 26.3. The predicted molar refractivity (Wildman–Crippen MR) is 112 cm³/mol. The van der Waals surface area contributed by atoms with Crippen molar-refractivity contribution >= 4 is 27.3 Å². The van der Waals surface area contributed by atoms with E-state index in [0.717, 1.165) is 20.0 Å². The third-order valence-corrected chi connectivity index (χ3v) is 6.41. The summed E-state index contributed by atoms with van der Waals surface area (Å²) in [6.45, 7) is 1.19. The molecule has 4 aromatic rings. The SMILES string of the molecule is Brc1ccc(C2(Cn3cncn3)OCC(COc3ccc(-c4ccno4)cc3)O2)s1. The van der Waals surface area contributed by atoms with Gasteiger partial charge in [-0.25, -0.2) is 9.67 Å². The molecule has 0 radical (unpaired) electrons. The van der Waals surface area contributed by atoms with Gasteiger partial charge in [-0.2, -0.15) is 5.10 Å². The first-order valence-corrected chi connectivity index (χ1v) is 10.9. The van der Waals surface area contributed by atoms with Gasteiger partial charge < -0.3 is 18.7 Å². The molecule has 154 valence electrons. The molecule has 1 saturated heterocycles. The summed E-state index contributed by atoms with van der Waals surface area (Å²) in [6, 6.07) is 13.4. The zero-order chi connectivity index (χ0) is 20.4. The highest BCUT2D eigenvalue weighted by Gasteiger charge is 2.45. The van der Waals surface area contributed by atoms with Crippen molar-refractivity contribution in [1.29, 1.82) is 0 Å². The van der Waals surface area contributed by atoms with Gasteiger partial charge in [-0.05, 0) is 52.3 Å². The Hall–Kier alpha value is -2.53. The fraction of sp³-hybridized carbons (Fsp3) is 0.250. The number of hydrogen-bond acceptors (Lipinski definition) is 8. The highest BCUT2D eigenvalue weighted by molar-refractivity contribution is 9.11. The molecule has 3 aromatic heterocycles. The summed E-state index contributed by atoms with van der Waals surface area (Å²) in [6.07, 6.45) is 4.55. The van der Waals surface area contributed by atoms with Crippen LogP contribution in [0.3, 0.4) is 0 Å². The molecule has 5 rings (SSSR count). The molecule has 1 aromatic carbocycles. The molecule has 30 heavy (non-hydrogen) atoms. The summed E-state index contributed by atoms with van der Waals surface area (Å²) in [5.41, 5.74) is 0.940. The zero-order valence-electron chi connectivity index (χ0n) is 15.7. The summed E-state index contributed by atoms with van der Waals surface area (Å²) in [5.74, 6) is 0.540. The van der Waals surface area contributed by atoms with Gasteiger partial charge in [0.05, 0.1) is 21.5 Å². The van der Waals surface area contributed by atoms with E-state index < -0.39 is 5.79 Å². The van der Waals surface area contributed by atoms with E-state index in [-0.39, 0.29) is 6.10 Å². The van der Waals surface area contributed by atoms with Gasteiger partial charge in [-0.1, -0.05) is 5.16 Å². The monoisotopic (exact) mass is 488 g/mol. The number of thiophene rings is 1. The highest BCUT2D eigenvalue weighted by Crippen LogP contribution is 2.41. The lowest BCUT2D eigenvalue weighted by atomic mass is 10.2.